The fraction of sp³-hybridized carbons (Fsp3) is 0.400. The number of aliphatic hydroxyl groups excluding tert-OH is 2. The molecular formula is C20H26O4. The summed E-state index contributed by atoms with van der Waals surface area (Å²) in [5.74, 6) is -0.241. The van der Waals surface area contributed by atoms with Gasteiger partial charge in [0.05, 0.1) is 11.1 Å². The summed E-state index contributed by atoms with van der Waals surface area (Å²) in [5.41, 5.74) is 1.68. The fourth-order valence-corrected chi connectivity index (χ4v) is 2.51. The lowest BCUT2D eigenvalue weighted by Gasteiger charge is -2.13. The van der Waals surface area contributed by atoms with E-state index < -0.39 is 0 Å². The summed E-state index contributed by atoms with van der Waals surface area (Å²) < 4.78 is 0. The number of Topliss-reactive ketones (excluding diaryl/α,β-unsaturated/α-hetero) is 2. The van der Waals surface area contributed by atoms with Gasteiger partial charge >= 0.3 is 0 Å². The molecule has 0 saturated carbocycles. The van der Waals surface area contributed by atoms with Crippen LogP contribution in [0.1, 0.15) is 64.5 Å². The third kappa shape index (κ3) is 4.34. The smallest absolute Gasteiger partial charge is 0.166 e. The lowest BCUT2D eigenvalue weighted by Crippen LogP contribution is -2.07. The Kier molecular flexibility index (Phi) is 7.43. The molecule has 0 bridgehead atoms. The van der Waals surface area contributed by atoms with Gasteiger partial charge in [0.2, 0.25) is 0 Å². The summed E-state index contributed by atoms with van der Waals surface area (Å²) in [4.78, 5) is 24.5. The molecule has 0 fully saturated rings. The zero-order valence-corrected chi connectivity index (χ0v) is 14.8. The number of rotatable bonds is 8. The van der Waals surface area contributed by atoms with Gasteiger partial charge in [0, 0.05) is 25.7 Å². The minimum atomic E-state index is -0.154. The molecule has 1 aromatic rings. The Hall–Kier alpha value is -2.36. The Labute approximate surface area is 143 Å². The molecule has 130 valence electrons. The monoisotopic (exact) mass is 330 g/mol. The van der Waals surface area contributed by atoms with Crippen LogP contribution in [0.4, 0.5) is 0 Å². The van der Waals surface area contributed by atoms with Crippen LogP contribution in [0.25, 0.3) is 11.1 Å². The summed E-state index contributed by atoms with van der Waals surface area (Å²) >= 11 is 0. The number of carbonyl (C=O) groups excluding carboxylic acids is 2. The second-order valence-corrected chi connectivity index (χ2v) is 5.48. The molecule has 0 heterocycles. The van der Waals surface area contributed by atoms with Crippen molar-refractivity contribution >= 4 is 22.7 Å². The largest absolute Gasteiger partial charge is 0.512 e. The molecule has 0 atom stereocenters. The normalized spacial score (nSPS) is 13.2. The van der Waals surface area contributed by atoms with E-state index in [0.717, 1.165) is 0 Å². The molecule has 4 heteroatoms. The average molecular weight is 330 g/mol. The Balaban J connectivity index is 3.56. The fourth-order valence-electron chi connectivity index (χ4n) is 2.51. The predicted octanol–water partition coefficient (Wildman–Crippen LogP) is 5.00. The molecule has 0 amide bonds. The van der Waals surface area contributed by atoms with Gasteiger partial charge in [-0.25, -0.2) is 0 Å². The third-order valence-electron chi connectivity index (χ3n) is 3.89. The molecule has 0 saturated heterocycles. The summed E-state index contributed by atoms with van der Waals surface area (Å²) in [6, 6.07) is 6.87. The van der Waals surface area contributed by atoms with E-state index in [1.54, 1.807) is 52.0 Å². The van der Waals surface area contributed by atoms with E-state index in [1.165, 1.54) is 0 Å². The van der Waals surface area contributed by atoms with E-state index in [2.05, 4.69) is 0 Å². The van der Waals surface area contributed by atoms with Crippen molar-refractivity contribution in [3.05, 3.63) is 46.9 Å². The molecule has 1 rings (SSSR count). The van der Waals surface area contributed by atoms with Crippen LogP contribution in [0.2, 0.25) is 0 Å². The number of carbonyl (C=O) groups is 2. The van der Waals surface area contributed by atoms with Crippen LogP contribution >= 0.6 is 0 Å². The standard InChI is InChI=1S/C20H26O4/c1-5-15(21)19(16(22)6-2)13-10-9-11-14(12-13)20(17(23)7-3)18(24)8-4/h9-12,21,23H,5-8H2,1-4H3/b19-15-,20-17-. The van der Waals surface area contributed by atoms with Gasteiger partial charge in [0.15, 0.2) is 11.6 Å². The number of allylic oxidation sites excluding steroid dienone is 4. The minimum absolute atomic E-state index is 0.0334. The predicted molar refractivity (Wildman–Crippen MR) is 96.7 cm³/mol. The molecule has 0 aliphatic carbocycles. The highest BCUT2D eigenvalue weighted by Gasteiger charge is 2.19. The minimum Gasteiger partial charge on any atom is -0.512 e. The SMILES string of the molecule is CCC(=O)/C(=C(\O)CC)c1cccc(/C(C(=O)CC)=C(/O)CC)c1. The Morgan fingerprint density at radius 1 is 0.750 bits per heavy atom. The number of ketones is 2. The van der Waals surface area contributed by atoms with Crippen LogP contribution in [0.15, 0.2) is 35.8 Å². The van der Waals surface area contributed by atoms with Crippen molar-refractivity contribution in [2.45, 2.75) is 53.4 Å². The summed E-state index contributed by atoms with van der Waals surface area (Å²) in [6.07, 6.45) is 1.25. The molecule has 0 radical (unpaired) electrons. The van der Waals surface area contributed by atoms with Crippen LogP contribution in [0.5, 0.6) is 0 Å². The Bertz CT molecular complexity index is 625. The van der Waals surface area contributed by atoms with E-state index in [4.69, 9.17) is 0 Å². The number of aliphatic hydroxyl groups is 2. The van der Waals surface area contributed by atoms with Gasteiger partial charge in [-0.1, -0.05) is 45.9 Å². The molecular weight excluding hydrogens is 304 g/mol. The maximum Gasteiger partial charge on any atom is 0.166 e. The molecule has 4 nitrogen and oxygen atoms in total. The van der Waals surface area contributed by atoms with Crippen molar-refractivity contribution in [2.24, 2.45) is 0 Å². The highest BCUT2D eigenvalue weighted by Crippen LogP contribution is 2.28. The molecule has 24 heavy (non-hydrogen) atoms. The number of hydrogen-bond donors (Lipinski definition) is 2. The van der Waals surface area contributed by atoms with E-state index in [9.17, 15) is 19.8 Å². The molecule has 1 aromatic carbocycles. The average Bonchev–Trinajstić information content (AvgIpc) is 2.61. The number of benzene rings is 1. The van der Waals surface area contributed by atoms with Crippen LogP contribution in [0, 0.1) is 0 Å². The lowest BCUT2D eigenvalue weighted by atomic mass is 9.92. The quantitative estimate of drug-likeness (QED) is 0.519. The van der Waals surface area contributed by atoms with Gasteiger partial charge in [-0.05, 0) is 17.2 Å². The summed E-state index contributed by atoms with van der Waals surface area (Å²) in [5, 5.41) is 20.3. The molecule has 0 aromatic heterocycles. The van der Waals surface area contributed by atoms with E-state index in [0.29, 0.717) is 24.0 Å². The Morgan fingerprint density at radius 3 is 1.42 bits per heavy atom. The first kappa shape index (κ1) is 19.7. The van der Waals surface area contributed by atoms with Gasteiger partial charge < -0.3 is 10.2 Å². The third-order valence-corrected chi connectivity index (χ3v) is 3.89. The maximum atomic E-state index is 12.2. The molecule has 2 N–H and O–H groups in total. The van der Waals surface area contributed by atoms with Gasteiger partial charge in [0.1, 0.15) is 11.5 Å². The van der Waals surface area contributed by atoms with Gasteiger partial charge in [0.25, 0.3) is 0 Å². The van der Waals surface area contributed by atoms with Crippen molar-refractivity contribution in [1.82, 2.24) is 0 Å². The zero-order valence-electron chi connectivity index (χ0n) is 14.8. The van der Waals surface area contributed by atoms with Crippen molar-refractivity contribution in [1.29, 1.82) is 0 Å². The van der Waals surface area contributed by atoms with Gasteiger partial charge in [-0.15, -0.1) is 0 Å². The maximum absolute atomic E-state index is 12.2. The molecule has 0 aliphatic rings. The van der Waals surface area contributed by atoms with Crippen LogP contribution in [-0.2, 0) is 9.59 Å². The molecule has 0 spiro atoms. The first-order valence-corrected chi connectivity index (χ1v) is 8.42. The second-order valence-electron chi connectivity index (χ2n) is 5.48. The van der Waals surface area contributed by atoms with E-state index in [-0.39, 0.29) is 47.1 Å². The van der Waals surface area contributed by atoms with Crippen molar-refractivity contribution in [2.75, 3.05) is 0 Å². The topological polar surface area (TPSA) is 74.6 Å². The summed E-state index contributed by atoms with van der Waals surface area (Å²) in [6.45, 7) is 7.03. The van der Waals surface area contributed by atoms with E-state index >= 15 is 0 Å². The van der Waals surface area contributed by atoms with Crippen molar-refractivity contribution in [3.63, 3.8) is 0 Å². The lowest BCUT2D eigenvalue weighted by molar-refractivity contribution is -0.114. The van der Waals surface area contributed by atoms with Crippen LogP contribution in [-0.4, -0.2) is 21.8 Å². The molecule has 0 unspecified atom stereocenters. The van der Waals surface area contributed by atoms with Gasteiger partial charge in [-0.2, -0.15) is 0 Å². The first-order chi connectivity index (χ1) is 11.4. The van der Waals surface area contributed by atoms with Crippen LogP contribution in [0.3, 0.4) is 0 Å². The first-order valence-electron chi connectivity index (χ1n) is 8.42. The number of hydrogen-bond acceptors (Lipinski definition) is 4. The molecule has 0 aliphatic heterocycles. The van der Waals surface area contributed by atoms with Crippen molar-refractivity contribution < 1.29 is 19.8 Å². The van der Waals surface area contributed by atoms with Crippen LogP contribution < -0.4 is 0 Å². The van der Waals surface area contributed by atoms with E-state index in [1.807, 2.05) is 0 Å². The zero-order chi connectivity index (χ0) is 18.3. The highest BCUT2D eigenvalue weighted by atomic mass is 16.3. The van der Waals surface area contributed by atoms with Gasteiger partial charge in [-0.3, -0.25) is 9.59 Å². The highest BCUT2D eigenvalue weighted by molar-refractivity contribution is 6.23. The summed E-state index contributed by atoms with van der Waals surface area (Å²) in [7, 11) is 0. The Morgan fingerprint density at radius 2 is 1.12 bits per heavy atom. The second kappa shape index (κ2) is 9.06. The van der Waals surface area contributed by atoms with Crippen molar-refractivity contribution in [3.8, 4) is 0 Å².